The van der Waals surface area contributed by atoms with E-state index in [1.54, 1.807) is 12.1 Å². The summed E-state index contributed by atoms with van der Waals surface area (Å²) in [5.74, 6) is -0.784. The van der Waals surface area contributed by atoms with Crippen LogP contribution in [0.4, 0.5) is 13.2 Å². The number of likely N-dealkylation sites (tertiary alicyclic amines) is 1. The molecule has 0 radical (unpaired) electrons. The molecule has 1 atom stereocenters. The van der Waals surface area contributed by atoms with Gasteiger partial charge in [-0.3, -0.25) is 9.59 Å². The molecule has 3 rings (SSSR count). The van der Waals surface area contributed by atoms with Crippen molar-refractivity contribution in [1.29, 1.82) is 0 Å². The molecule has 1 aliphatic heterocycles. The van der Waals surface area contributed by atoms with Gasteiger partial charge in [-0.15, -0.1) is 0 Å². The lowest BCUT2D eigenvalue weighted by atomic mass is 10.1. The second kappa shape index (κ2) is 9.78. The molecule has 1 aromatic carbocycles. The van der Waals surface area contributed by atoms with Crippen LogP contribution in [0.1, 0.15) is 39.3 Å². The van der Waals surface area contributed by atoms with Crippen LogP contribution in [-0.2, 0) is 6.18 Å². The Morgan fingerprint density at radius 2 is 2.06 bits per heavy atom. The van der Waals surface area contributed by atoms with Gasteiger partial charge in [0.2, 0.25) is 0 Å². The third-order valence-electron chi connectivity index (χ3n) is 4.89. The topological polar surface area (TPSA) is 91.8 Å². The Labute approximate surface area is 176 Å². The van der Waals surface area contributed by atoms with Crippen LogP contribution < -0.4 is 10.1 Å². The Kier molecular flexibility index (Phi) is 7.11. The molecule has 1 fully saturated rings. The van der Waals surface area contributed by atoms with E-state index in [0.717, 1.165) is 12.1 Å². The molecule has 0 spiro atoms. The first kappa shape index (κ1) is 22.5. The summed E-state index contributed by atoms with van der Waals surface area (Å²) in [5, 5.41) is 11.3. The lowest BCUT2D eigenvalue weighted by Gasteiger charge is -2.25. The van der Waals surface area contributed by atoms with Gasteiger partial charge in [0.1, 0.15) is 6.61 Å². The van der Waals surface area contributed by atoms with Crippen LogP contribution in [0.3, 0.4) is 0 Å². The number of benzene rings is 1. The first-order valence-corrected chi connectivity index (χ1v) is 9.76. The SMILES string of the molecule is O=C(NCCO)c1ncccc1OC[C@H]1CCCN1C(=O)c1cccc(C(F)(F)F)c1. The number of hydrogen-bond donors (Lipinski definition) is 2. The molecular weight excluding hydrogens is 415 g/mol. The third-order valence-corrected chi connectivity index (χ3v) is 4.89. The highest BCUT2D eigenvalue weighted by Gasteiger charge is 2.34. The number of alkyl halides is 3. The van der Waals surface area contributed by atoms with Gasteiger partial charge < -0.3 is 20.1 Å². The van der Waals surface area contributed by atoms with E-state index in [4.69, 9.17) is 9.84 Å². The molecule has 0 saturated carbocycles. The van der Waals surface area contributed by atoms with Gasteiger partial charge in [0.25, 0.3) is 11.8 Å². The van der Waals surface area contributed by atoms with E-state index in [1.165, 1.54) is 23.2 Å². The van der Waals surface area contributed by atoms with E-state index in [2.05, 4.69) is 10.3 Å². The zero-order chi connectivity index (χ0) is 22.4. The average Bonchev–Trinajstić information content (AvgIpc) is 3.23. The number of halogens is 3. The molecule has 0 aliphatic carbocycles. The van der Waals surface area contributed by atoms with Crippen LogP contribution in [0.15, 0.2) is 42.6 Å². The molecule has 2 heterocycles. The van der Waals surface area contributed by atoms with E-state index in [-0.39, 0.29) is 42.8 Å². The fourth-order valence-electron chi connectivity index (χ4n) is 3.39. The number of carbonyl (C=O) groups excluding carboxylic acids is 2. The highest BCUT2D eigenvalue weighted by molar-refractivity contribution is 5.95. The Bertz CT molecular complexity index is 936. The monoisotopic (exact) mass is 437 g/mol. The van der Waals surface area contributed by atoms with Crippen molar-refractivity contribution in [2.24, 2.45) is 0 Å². The van der Waals surface area contributed by atoms with E-state index < -0.39 is 23.6 Å². The van der Waals surface area contributed by atoms with Crippen molar-refractivity contribution in [2.45, 2.75) is 25.1 Å². The summed E-state index contributed by atoms with van der Waals surface area (Å²) in [6.07, 6.45) is -1.79. The second-order valence-corrected chi connectivity index (χ2v) is 7.01. The summed E-state index contributed by atoms with van der Waals surface area (Å²) in [4.78, 5) is 30.5. The largest absolute Gasteiger partial charge is 0.489 e. The molecule has 7 nitrogen and oxygen atoms in total. The Hall–Kier alpha value is -3.14. The fraction of sp³-hybridized carbons (Fsp3) is 0.381. The molecule has 0 unspecified atom stereocenters. The number of ether oxygens (including phenoxy) is 1. The van der Waals surface area contributed by atoms with E-state index >= 15 is 0 Å². The number of hydrogen-bond acceptors (Lipinski definition) is 5. The summed E-state index contributed by atoms with van der Waals surface area (Å²) in [6, 6.07) is 7.16. The molecular formula is C21H22F3N3O4. The van der Waals surface area contributed by atoms with Crippen molar-refractivity contribution in [3.05, 3.63) is 59.4 Å². The van der Waals surface area contributed by atoms with Gasteiger partial charge in [-0.05, 0) is 43.2 Å². The van der Waals surface area contributed by atoms with Gasteiger partial charge >= 0.3 is 6.18 Å². The van der Waals surface area contributed by atoms with Crippen molar-refractivity contribution in [2.75, 3.05) is 26.3 Å². The molecule has 0 bridgehead atoms. The normalized spacial score (nSPS) is 16.3. The van der Waals surface area contributed by atoms with Crippen LogP contribution >= 0.6 is 0 Å². The number of carbonyl (C=O) groups is 2. The molecule has 166 valence electrons. The zero-order valence-corrected chi connectivity index (χ0v) is 16.6. The number of aliphatic hydroxyl groups is 1. The first-order valence-electron chi connectivity index (χ1n) is 9.76. The number of nitrogens with one attached hydrogen (secondary N) is 1. The second-order valence-electron chi connectivity index (χ2n) is 7.01. The smallest absolute Gasteiger partial charge is 0.416 e. The predicted molar refractivity (Wildman–Crippen MR) is 105 cm³/mol. The highest BCUT2D eigenvalue weighted by Crippen LogP contribution is 2.30. The van der Waals surface area contributed by atoms with Crippen molar-refractivity contribution in [1.82, 2.24) is 15.2 Å². The molecule has 2 N–H and O–H groups in total. The first-order chi connectivity index (χ1) is 14.8. The summed E-state index contributed by atoms with van der Waals surface area (Å²) in [7, 11) is 0. The number of rotatable bonds is 7. The molecule has 2 amide bonds. The Morgan fingerprint density at radius 1 is 1.26 bits per heavy atom. The van der Waals surface area contributed by atoms with Gasteiger partial charge in [0.05, 0.1) is 18.2 Å². The van der Waals surface area contributed by atoms with Crippen LogP contribution in [-0.4, -0.2) is 59.1 Å². The summed E-state index contributed by atoms with van der Waals surface area (Å²) in [6.45, 7) is 0.316. The van der Waals surface area contributed by atoms with Gasteiger partial charge in [0, 0.05) is 24.8 Å². The van der Waals surface area contributed by atoms with Crippen molar-refractivity contribution in [3.63, 3.8) is 0 Å². The number of nitrogens with zero attached hydrogens (tertiary/aromatic N) is 2. The van der Waals surface area contributed by atoms with Crippen LogP contribution in [0.2, 0.25) is 0 Å². The molecule has 2 aromatic rings. The Morgan fingerprint density at radius 3 is 2.81 bits per heavy atom. The average molecular weight is 437 g/mol. The number of amides is 2. The molecule has 10 heteroatoms. The standard InChI is InChI=1S/C21H22F3N3O4/c22-21(23,24)15-5-1-4-14(12-15)20(30)27-10-3-6-16(27)13-31-17-7-2-8-25-18(17)19(29)26-9-11-28/h1-2,4-5,7-8,12,16,28H,3,6,9-11,13H2,(H,26,29)/t16-/m1/s1. The van der Waals surface area contributed by atoms with Gasteiger partial charge in [0.15, 0.2) is 11.4 Å². The minimum atomic E-state index is -4.53. The molecule has 31 heavy (non-hydrogen) atoms. The van der Waals surface area contributed by atoms with E-state index in [0.29, 0.717) is 19.4 Å². The number of aromatic nitrogens is 1. The number of pyridine rings is 1. The minimum absolute atomic E-state index is 0.0350. The Balaban J connectivity index is 1.70. The summed E-state index contributed by atoms with van der Waals surface area (Å²) in [5.41, 5.74) is -0.865. The van der Waals surface area contributed by atoms with Gasteiger partial charge in [-0.25, -0.2) is 4.98 Å². The molecule has 1 aromatic heterocycles. The van der Waals surface area contributed by atoms with Gasteiger partial charge in [-0.1, -0.05) is 6.07 Å². The predicted octanol–water partition coefficient (Wildman–Crippen LogP) is 2.51. The maximum Gasteiger partial charge on any atom is 0.416 e. The maximum atomic E-state index is 13.0. The van der Waals surface area contributed by atoms with Gasteiger partial charge in [-0.2, -0.15) is 13.2 Å². The lowest BCUT2D eigenvalue weighted by Crippen LogP contribution is -2.39. The van der Waals surface area contributed by atoms with Crippen LogP contribution in [0.25, 0.3) is 0 Å². The molecule has 1 aliphatic rings. The minimum Gasteiger partial charge on any atom is -0.489 e. The van der Waals surface area contributed by atoms with E-state index in [9.17, 15) is 22.8 Å². The highest BCUT2D eigenvalue weighted by atomic mass is 19.4. The van der Waals surface area contributed by atoms with E-state index in [1.807, 2.05) is 0 Å². The van der Waals surface area contributed by atoms with Crippen molar-refractivity contribution >= 4 is 11.8 Å². The van der Waals surface area contributed by atoms with Crippen LogP contribution in [0.5, 0.6) is 5.75 Å². The summed E-state index contributed by atoms with van der Waals surface area (Å²) < 4.78 is 44.7. The lowest BCUT2D eigenvalue weighted by molar-refractivity contribution is -0.137. The maximum absolute atomic E-state index is 13.0. The van der Waals surface area contributed by atoms with Crippen molar-refractivity contribution < 1.29 is 32.6 Å². The van der Waals surface area contributed by atoms with Crippen LogP contribution in [0, 0.1) is 0 Å². The third kappa shape index (κ3) is 5.52. The number of aliphatic hydroxyl groups excluding tert-OH is 1. The summed E-state index contributed by atoms with van der Waals surface area (Å²) >= 11 is 0. The quantitative estimate of drug-likeness (QED) is 0.695. The van der Waals surface area contributed by atoms with Crippen molar-refractivity contribution in [3.8, 4) is 5.75 Å². The fourth-order valence-corrected chi connectivity index (χ4v) is 3.39. The zero-order valence-electron chi connectivity index (χ0n) is 16.6. The molecule has 1 saturated heterocycles.